The Bertz CT molecular complexity index is 570. The first-order valence-corrected chi connectivity index (χ1v) is 5.83. The number of benzene rings is 1. The Balaban J connectivity index is 2.06. The lowest BCUT2D eigenvalue weighted by atomic mass is 10.3. The number of tetrazole rings is 1. The minimum absolute atomic E-state index is 0.0756. The molecule has 7 nitrogen and oxygen atoms in total. The minimum atomic E-state index is -1.01. The van der Waals surface area contributed by atoms with Crippen molar-refractivity contribution in [1.82, 2.24) is 20.2 Å². The molecule has 0 aliphatic carbocycles. The number of nitrogens with zero attached hydrogens (tertiary/aromatic N) is 4. The van der Waals surface area contributed by atoms with E-state index in [2.05, 4.69) is 15.5 Å². The lowest BCUT2D eigenvalue weighted by molar-refractivity contribution is -0.140. The molecule has 1 N–H and O–H groups in total. The highest BCUT2D eigenvalue weighted by Gasteiger charge is 2.19. The molecule has 0 saturated heterocycles. The maximum atomic E-state index is 10.9. The van der Waals surface area contributed by atoms with Crippen molar-refractivity contribution in [2.75, 3.05) is 0 Å². The van der Waals surface area contributed by atoms with E-state index < -0.39 is 12.0 Å². The van der Waals surface area contributed by atoms with Crippen molar-refractivity contribution in [3.05, 3.63) is 35.1 Å². The van der Waals surface area contributed by atoms with Crippen molar-refractivity contribution in [2.45, 2.75) is 19.6 Å². The van der Waals surface area contributed by atoms with Gasteiger partial charge in [-0.3, -0.25) is 0 Å². The Morgan fingerprint density at radius 3 is 2.79 bits per heavy atom. The number of carbonyl (C=O) groups is 1. The summed E-state index contributed by atoms with van der Waals surface area (Å²) < 4.78 is 6.67. The number of rotatable bonds is 5. The van der Waals surface area contributed by atoms with Crippen LogP contribution >= 0.6 is 11.6 Å². The zero-order valence-electron chi connectivity index (χ0n) is 10.0. The van der Waals surface area contributed by atoms with Crippen molar-refractivity contribution < 1.29 is 14.6 Å². The second-order valence-electron chi connectivity index (χ2n) is 3.80. The monoisotopic (exact) mass is 282 g/mol. The summed E-state index contributed by atoms with van der Waals surface area (Å²) in [4.78, 5) is 10.9. The fourth-order valence-corrected chi connectivity index (χ4v) is 1.52. The number of ether oxygens (including phenoxy) is 1. The first-order chi connectivity index (χ1) is 9.08. The highest BCUT2D eigenvalue weighted by atomic mass is 35.5. The number of halogens is 1. The van der Waals surface area contributed by atoms with Gasteiger partial charge in [0.1, 0.15) is 12.4 Å². The van der Waals surface area contributed by atoms with Gasteiger partial charge in [-0.25, -0.2) is 9.48 Å². The molecule has 1 unspecified atom stereocenters. The summed E-state index contributed by atoms with van der Waals surface area (Å²) in [7, 11) is 0. The van der Waals surface area contributed by atoms with Gasteiger partial charge in [-0.15, -0.1) is 5.10 Å². The van der Waals surface area contributed by atoms with E-state index in [1.165, 1.54) is 11.6 Å². The Labute approximate surface area is 113 Å². The van der Waals surface area contributed by atoms with Gasteiger partial charge in [0, 0.05) is 5.02 Å². The van der Waals surface area contributed by atoms with Crippen LogP contribution < -0.4 is 4.74 Å². The van der Waals surface area contributed by atoms with Crippen molar-refractivity contribution >= 4 is 17.6 Å². The summed E-state index contributed by atoms with van der Waals surface area (Å²) in [6.07, 6.45) is 0. The maximum Gasteiger partial charge on any atom is 0.328 e. The van der Waals surface area contributed by atoms with E-state index in [0.29, 0.717) is 16.6 Å². The molecule has 0 amide bonds. The number of hydrogen-bond donors (Lipinski definition) is 1. The van der Waals surface area contributed by atoms with Gasteiger partial charge in [-0.1, -0.05) is 11.6 Å². The van der Waals surface area contributed by atoms with E-state index >= 15 is 0 Å². The Morgan fingerprint density at radius 2 is 2.16 bits per heavy atom. The van der Waals surface area contributed by atoms with Crippen LogP contribution in [0.4, 0.5) is 0 Å². The van der Waals surface area contributed by atoms with Gasteiger partial charge in [0.15, 0.2) is 11.9 Å². The Hall–Kier alpha value is -2.15. The van der Waals surface area contributed by atoms with Crippen LogP contribution in [0.5, 0.6) is 5.75 Å². The van der Waals surface area contributed by atoms with Crippen LogP contribution in [0, 0.1) is 0 Å². The van der Waals surface area contributed by atoms with Crippen LogP contribution in [0.3, 0.4) is 0 Å². The Morgan fingerprint density at radius 1 is 1.47 bits per heavy atom. The summed E-state index contributed by atoms with van der Waals surface area (Å²) in [5.74, 6) is -0.0770. The van der Waals surface area contributed by atoms with E-state index in [9.17, 15) is 4.79 Å². The largest absolute Gasteiger partial charge is 0.486 e. The van der Waals surface area contributed by atoms with Gasteiger partial charge < -0.3 is 9.84 Å². The van der Waals surface area contributed by atoms with E-state index in [0.717, 1.165) is 0 Å². The smallest absolute Gasteiger partial charge is 0.328 e. The van der Waals surface area contributed by atoms with Crippen LogP contribution in [0.25, 0.3) is 0 Å². The van der Waals surface area contributed by atoms with Crippen molar-refractivity contribution in [3.63, 3.8) is 0 Å². The van der Waals surface area contributed by atoms with Crippen LogP contribution in [-0.2, 0) is 11.4 Å². The number of aromatic nitrogens is 4. The zero-order chi connectivity index (χ0) is 13.8. The Kier molecular flexibility index (Phi) is 3.96. The third-order valence-electron chi connectivity index (χ3n) is 2.47. The van der Waals surface area contributed by atoms with Crippen molar-refractivity contribution in [3.8, 4) is 5.75 Å². The molecule has 1 heterocycles. The van der Waals surface area contributed by atoms with Gasteiger partial charge in [0.05, 0.1) is 0 Å². The second kappa shape index (κ2) is 5.66. The molecule has 0 aliphatic heterocycles. The highest BCUT2D eigenvalue weighted by Crippen LogP contribution is 2.17. The number of carboxylic acids is 1. The fraction of sp³-hybridized carbons (Fsp3) is 0.273. The minimum Gasteiger partial charge on any atom is -0.486 e. The molecular weight excluding hydrogens is 272 g/mol. The van der Waals surface area contributed by atoms with Crippen LogP contribution in [0.2, 0.25) is 5.02 Å². The lowest BCUT2D eigenvalue weighted by Gasteiger charge is -2.09. The predicted octanol–water partition coefficient (Wildman–Crippen LogP) is 1.55. The van der Waals surface area contributed by atoms with Crippen LogP contribution in [0.1, 0.15) is 18.8 Å². The lowest BCUT2D eigenvalue weighted by Crippen LogP contribution is -2.20. The maximum absolute atomic E-state index is 10.9. The van der Waals surface area contributed by atoms with Gasteiger partial charge in [0.2, 0.25) is 0 Å². The topological polar surface area (TPSA) is 90.1 Å². The van der Waals surface area contributed by atoms with Gasteiger partial charge in [-0.05, 0) is 41.6 Å². The quantitative estimate of drug-likeness (QED) is 0.895. The standard InChI is InChI=1S/C11H11ClN4O3/c1-7(11(17)18)16-10(13-14-15-16)6-19-9-4-2-8(12)3-5-9/h2-5,7H,6H2,1H3,(H,17,18). The molecule has 0 bridgehead atoms. The molecular formula is C11H11ClN4O3. The molecule has 2 aromatic rings. The molecule has 0 spiro atoms. The average Bonchev–Trinajstić information content (AvgIpc) is 2.85. The molecule has 0 saturated carbocycles. The third-order valence-corrected chi connectivity index (χ3v) is 2.72. The summed E-state index contributed by atoms with van der Waals surface area (Å²) >= 11 is 5.76. The van der Waals surface area contributed by atoms with E-state index in [1.54, 1.807) is 24.3 Å². The van der Waals surface area contributed by atoms with Crippen molar-refractivity contribution in [2.24, 2.45) is 0 Å². The molecule has 8 heteroatoms. The normalized spacial score (nSPS) is 12.1. The molecule has 1 aromatic heterocycles. The SMILES string of the molecule is CC(C(=O)O)n1nnnc1COc1ccc(Cl)cc1. The molecule has 19 heavy (non-hydrogen) atoms. The molecule has 0 radical (unpaired) electrons. The van der Waals surface area contributed by atoms with E-state index in [4.69, 9.17) is 21.4 Å². The first-order valence-electron chi connectivity index (χ1n) is 5.46. The highest BCUT2D eigenvalue weighted by molar-refractivity contribution is 6.30. The molecule has 100 valence electrons. The molecule has 1 aromatic carbocycles. The average molecular weight is 283 g/mol. The zero-order valence-corrected chi connectivity index (χ0v) is 10.8. The molecule has 2 rings (SSSR count). The fourth-order valence-electron chi connectivity index (χ4n) is 1.39. The summed E-state index contributed by atoms with van der Waals surface area (Å²) in [6.45, 7) is 1.57. The van der Waals surface area contributed by atoms with Crippen molar-refractivity contribution in [1.29, 1.82) is 0 Å². The summed E-state index contributed by atoms with van der Waals surface area (Å²) in [5, 5.41) is 20.4. The van der Waals surface area contributed by atoms with Gasteiger partial charge >= 0.3 is 5.97 Å². The number of hydrogen-bond acceptors (Lipinski definition) is 5. The first kappa shape index (κ1) is 13.3. The number of aliphatic carboxylic acids is 1. The predicted molar refractivity (Wildman–Crippen MR) is 65.9 cm³/mol. The van der Waals surface area contributed by atoms with Gasteiger partial charge in [0.25, 0.3) is 0 Å². The van der Waals surface area contributed by atoms with Crippen LogP contribution in [0.15, 0.2) is 24.3 Å². The summed E-state index contributed by atoms with van der Waals surface area (Å²) in [5.41, 5.74) is 0. The van der Waals surface area contributed by atoms with E-state index in [-0.39, 0.29) is 6.61 Å². The third kappa shape index (κ3) is 3.19. The van der Waals surface area contributed by atoms with Gasteiger partial charge in [-0.2, -0.15) is 0 Å². The molecule has 0 fully saturated rings. The van der Waals surface area contributed by atoms with Crippen LogP contribution in [-0.4, -0.2) is 31.3 Å². The molecule has 0 aliphatic rings. The molecule has 1 atom stereocenters. The number of carboxylic acid groups (broad SMARTS) is 1. The van der Waals surface area contributed by atoms with E-state index in [1.807, 2.05) is 0 Å². The second-order valence-corrected chi connectivity index (χ2v) is 4.23. The summed E-state index contributed by atoms with van der Waals surface area (Å²) in [6, 6.07) is 5.95.